The minimum Gasteiger partial charge on any atom is -0.468 e. The van der Waals surface area contributed by atoms with Gasteiger partial charge < -0.3 is 19.6 Å². The van der Waals surface area contributed by atoms with Gasteiger partial charge in [0.25, 0.3) is 0 Å². The number of nitrogens with one attached hydrogen (secondary N) is 1. The number of carbonyl (C=O) groups excluding carboxylic acids is 1. The number of esters is 1. The van der Waals surface area contributed by atoms with Crippen LogP contribution in [0.25, 0.3) is 11.0 Å². The Bertz CT molecular complexity index is 899. The van der Waals surface area contributed by atoms with Gasteiger partial charge in [0, 0.05) is 0 Å². The van der Waals surface area contributed by atoms with Gasteiger partial charge in [0.1, 0.15) is 35.8 Å². The van der Waals surface area contributed by atoms with Crippen LogP contribution < -0.4 is 5.32 Å². The smallest absolute Gasteiger partial charge is 0.327 e. The van der Waals surface area contributed by atoms with Crippen LogP contribution in [0.3, 0.4) is 0 Å². The monoisotopic (exact) mass is 345 g/mol. The van der Waals surface area contributed by atoms with Gasteiger partial charge in [-0.25, -0.2) is 14.6 Å². The molecule has 0 saturated heterocycles. The molecule has 9 heteroatoms. The number of rotatable bonds is 6. The maximum atomic E-state index is 11.4. The summed E-state index contributed by atoms with van der Waals surface area (Å²) in [6, 6.07) is 3.53. The second kappa shape index (κ2) is 6.52. The Morgan fingerprint density at radius 1 is 1.44 bits per heavy atom. The van der Waals surface area contributed by atoms with E-state index in [9.17, 15) is 9.90 Å². The fourth-order valence-corrected chi connectivity index (χ4v) is 2.40. The van der Waals surface area contributed by atoms with Crippen LogP contribution in [0.5, 0.6) is 0 Å². The molecule has 9 nitrogen and oxygen atoms in total. The molecule has 0 aromatic carbocycles. The largest absolute Gasteiger partial charge is 0.468 e. The minimum atomic E-state index is -1.21. The summed E-state index contributed by atoms with van der Waals surface area (Å²) in [4.78, 5) is 19.8. The van der Waals surface area contributed by atoms with Gasteiger partial charge >= 0.3 is 5.97 Å². The van der Waals surface area contributed by atoms with Crippen LogP contribution in [0.2, 0.25) is 0 Å². The van der Waals surface area contributed by atoms with Gasteiger partial charge in [-0.15, -0.1) is 0 Å². The number of aryl methyl sites for hydroxylation is 1. The topological polar surface area (TPSA) is 115 Å². The molecule has 0 fully saturated rings. The Balaban J connectivity index is 1.81. The van der Waals surface area contributed by atoms with Crippen molar-refractivity contribution < 1.29 is 19.1 Å². The molecule has 0 bridgehead atoms. The zero-order valence-corrected chi connectivity index (χ0v) is 14.2. The number of anilines is 1. The summed E-state index contributed by atoms with van der Waals surface area (Å²) in [5.41, 5.74) is -0.718. The number of hydrogen-bond donors (Lipinski definition) is 2. The summed E-state index contributed by atoms with van der Waals surface area (Å²) in [5, 5.41) is 18.5. The van der Waals surface area contributed by atoms with Crippen LogP contribution in [0, 0.1) is 6.92 Å². The van der Waals surface area contributed by atoms with Crippen LogP contribution >= 0.6 is 0 Å². The second-order valence-electron chi connectivity index (χ2n) is 5.88. The van der Waals surface area contributed by atoms with Crippen molar-refractivity contribution in [2.24, 2.45) is 0 Å². The van der Waals surface area contributed by atoms with Crippen LogP contribution in [-0.2, 0) is 21.7 Å². The van der Waals surface area contributed by atoms with Crippen molar-refractivity contribution in [1.82, 2.24) is 19.7 Å². The van der Waals surface area contributed by atoms with Gasteiger partial charge in [0.05, 0.1) is 25.2 Å². The highest BCUT2D eigenvalue weighted by atomic mass is 16.5. The van der Waals surface area contributed by atoms with Crippen molar-refractivity contribution in [1.29, 1.82) is 0 Å². The van der Waals surface area contributed by atoms with Gasteiger partial charge in [-0.1, -0.05) is 0 Å². The van der Waals surface area contributed by atoms with Crippen LogP contribution in [-0.4, -0.2) is 44.5 Å². The Morgan fingerprint density at radius 2 is 2.24 bits per heavy atom. The van der Waals surface area contributed by atoms with E-state index >= 15 is 0 Å². The number of ether oxygens (including phenoxy) is 1. The lowest BCUT2D eigenvalue weighted by Crippen LogP contribution is -2.30. The maximum Gasteiger partial charge on any atom is 0.327 e. The third-order valence-corrected chi connectivity index (χ3v) is 3.81. The third kappa shape index (κ3) is 3.45. The van der Waals surface area contributed by atoms with E-state index in [1.165, 1.54) is 18.1 Å². The molecule has 0 saturated carbocycles. The van der Waals surface area contributed by atoms with E-state index in [4.69, 9.17) is 4.42 Å². The standard InChI is InChI=1S/C16H19N5O4/c1-10-4-5-12(25-10)16(2,23)8-17-14-11-6-20-21(7-13(22)24-3)15(11)19-9-18-14/h4-6,9,23H,7-8H2,1-3H3,(H,17,18,19). The zero-order chi connectivity index (χ0) is 18.0. The molecule has 1 atom stereocenters. The first-order valence-corrected chi connectivity index (χ1v) is 7.67. The van der Waals surface area contributed by atoms with E-state index in [1.54, 1.807) is 25.3 Å². The molecule has 2 N–H and O–H groups in total. The third-order valence-electron chi connectivity index (χ3n) is 3.81. The van der Waals surface area contributed by atoms with Crippen molar-refractivity contribution in [3.05, 3.63) is 36.2 Å². The summed E-state index contributed by atoms with van der Waals surface area (Å²) >= 11 is 0. The molecular weight excluding hydrogens is 326 g/mol. The number of methoxy groups -OCH3 is 1. The lowest BCUT2D eigenvalue weighted by atomic mass is 10.0. The fraction of sp³-hybridized carbons (Fsp3) is 0.375. The van der Waals surface area contributed by atoms with Gasteiger partial charge in [0.15, 0.2) is 5.65 Å². The summed E-state index contributed by atoms with van der Waals surface area (Å²) in [6.45, 7) is 3.60. The van der Waals surface area contributed by atoms with E-state index in [-0.39, 0.29) is 13.1 Å². The molecule has 1 unspecified atom stereocenters. The zero-order valence-electron chi connectivity index (χ0n) is 14.2. The molecule has 0 amide bonds. The average Bonchev–Trinajstić information content (AvgIpc) is 3.20. The fourth-order valence-electron chi connectivity index (χ4n) is 2.40. The molecule has 3 heterocycles. The first-order valence-electron chi connectivity index (χ1n) is 7.67. The molecule has 0 spiro atoms. The van der Waals surface area contributed by atoms with Crippen molar-refractivity contribution in [2.45, 2.75) is 26.0 Å². The van der Waals surface area contributed by atoms with E-state index < -0.39 is 11.6 Å². The molecule has 3 rings (SSSR count). The average molecular weight is 345 g/mol. The number of aliphatic hydroxyl groups is 1. The molecule has 132 valence electrons. The molecule has 3 aromatic heterocycles. The highest BCUT2D eigenvalue weighted by Gasteiger charge is 2.27. The van der Waals surface area contributed by atoms with E-state index in [2.05, 4.69) is 25.1 Å². The van der Waals surface area contributed by atoms with E-state index in [0.717, 1.165) is 5.76 Å². The van der Waals surface area contributed by atoms with E-state index in [1.807, 2.05) is 6.92 Å². The summed E-state index contributed by atoms with van der Waals surface area (Å²) in [6.07, 6.45) is 2.93. The van der Waals surface area contributed by atoms with Crippen molar-refractivity contribution in [3.63, 3.8) is 0 Å². The van der Waals surface area contributed by atoms with Crippen molar-refractivity contribution in [3.8, 4) is 0 Å². The predicted molar refractivity (Wildman–Crippen MR) is 88.8 cm³/mol. The summed E-state index contributed by atoms with van der Waals surface area (Å²) < 4.78 is 11.6. The molecule has 0 radical (unpaired) electrons. The number of nitrogens with zero attached hydrogens (tertiary/aromatic N) is 4. The van der Waals surface area contributed by atoms with Gasteiger partial charge in [0.2, 0.25) is 0 Å². The number of carbonyl (C=O) groups is 1. The van der Waals surface area contributed by atoms with Gasteiger partial charge in [-0.3, -0.25) is 4.79 Å². The first-order chi connectivity index (χ1) is 11.9. The highest BCUT2D eigenvalue weighted by molar-refractivity contribution is 5.86. The quantitative estimate of drug-likeness (QED) is 0.641. The van der Waals surface area contributed by atoms with Gasteiger partial charge in [-0.2, -0.15) is 5.10 Å². The molecule has 0 aliphatic carbocycles. The number of fused-ring (bicyclic) bond motifs is 1. The number of aromatic nitrogens is 4. The summed E-state index contributed by atoms with van der Waals surface area (Å²) in [5.74, 6) is 1.27. The number of hydrogen-bond acceptors (Lipinski definition) is 8. The lowest BCUT2D eigenvalue weighted by molar-refractivity contribution is -0.141. The molecule has 25 heavy (non-hydrogen) atoms. The van der Waals surface area contributed by atoms with Crippen molar-refractivity contribution in [2.75, 3.05) is 19.0 Å². The summed E-state index contributed by atoms with van der Waals surface area (Å²) in [7, 11) is 1.31. The van der Waals surface area contributed by atoms with Crippen LogP contribution in [0.1, 0.15) is 18.4 Å². The van der Waals surface area contributed by atoms with E-state index in [0.29, 0.717) is 22.6 Å². The maximum absolute atomic E-state index is 11.4. The second-order valence-corrected chi connectivity index (χ2v) is 5.88. The Hall–Kier alpha value is -2.94. The number of furan rings is 1. The SMILES string of the molecule is COC(=O)Cn1ncc2c(NCC(C)(O)c3ccc(C)o3)ncnc21. The molecule has 0 aliphatic rings. The predicted octanol–water partition coefficient (Wildman–Crippen LogP) is 1.22. The molecule has 0 aliphatic heterocycles. The highest BCUT2D eigenvalue weighted by Crippen LogP contribution is 2.25. The Kier molecular flexibility index (Phi) is 4.41. The van der Waals surface area contributed by atoms with Crippen molar-refractivity contribution >= 4 is 22.8 Å². The minimum absolute atomic E-state index is 0.0418. The molecule has 3 aromatic rings. The lowest BCUT2D eigenvalue weighted by Gasteiger charge is -2.21. The normalized spacial score (nSPS) is 13.6. The first kappa shape index (κ1) is 16.9. The van der Waals surface area contributed by atoms with Gasteiger partial charge in [-0.05, 0) is 26.0 Å². The molecular formula is C16H19N5O4. The Labute approximate surface area is 143 Å². The Morgan fingerprint density at radius 3 is 2.92 bits per heavy atom. The van der Waals surface area contributed by atoms with Crippen LogP contribution in [0.15, 0.2) is 29.1 Å². The van der Waals surface area contributed by atoms with Crippen LogP contribution in [0.4, 0.5) is 5.82 Å².